The number of fused-ring (bicyclic) bond motifs is 1. The molecule has 1 heterocycles. The second kappa shape index (κ2) is 14.6. The van der Waals surface area contributed by atoms with Gasteiger partial charge in [-0.1, -0.05) is 54.6 Å². The molecule has 0 fully saturated rings. The third kappa shape index (κ3) is 7.21. The van der Waals surface area contributed by atoms with Gasteiger partial charge in [0, 0.05) is 11.5 Å². The van der Waals surface area contributed by atoms with Crippen molar-refractivity contribution in [3.63, 3.8) is 0 Å². The van der Waals surface area contributed by atoms with Crippen molar-refractivity contribution < 1.29 is 24.2 Å². The fraction of sp³-hybridized carbons (Fsp3) is 0.350. The molecule has 5 nitrogen and oxygen atoms in total. The number of hydrogen-bond donors (Lipinski definition) is 0. The molecule has 0 N–H and O–H groups in total. The highest BCUT2D eigenvalue weighted by Crippen LogP contribution is 2.56. The van der Waals surface area contributed by atoms with E-state index in [9.17, 15) is 14.7 Å². The number of carbonyl (C=O) groups is 2. The molecule has 0 aromatic heterocycles. The average molecular weight is 637 g/mol. The Labute approximate surface area is 274 Å². The molecule has 240 valence electrons. The van der Waals surface area contributed by atoms with Crippen LogP contribution in [0.2, 0.25) is 0 Å². The van der Waals surface area contributed by atoms with Crippen LogP contribution >= 0.6 is 7.26 Å². The molecule has 0 aliphatic carbocycles. The highest BCUT2D eigenvalue weighted by Gasteiger charge is 2.44. The maximum Gasteiger partial charge on any atom is 0.311 e. The molecule has 46 heavy (non-hydrogen) atoms. The van der Waals surface area contributed by atoms with Gasteiger partial charge in [-0.3, -0.25) is 4.79 Å². The molecule has 0 spiro atoms. The van der Waals surface area contributed by atoms with Crippen LogP contribution in [0, 0.1) is 20.8 Å². The van der Waals surface area contributed by atoms with Gasteiger partial charge in [0.05, 0.1) is 12.6 Å². The van der Waals surface area contributed by atoms with E-state index in [-0.39, 0.29) is 18.4 Å². The van der Waals surface area contributed by atoms with Crippen LogP contribution in [-0.2, 0) is 16.0 Å². The third-order valence-electron chi connectivity index (χ3n) is 9.60. The van der Waals surface area contributed by atoms with Crippen molar-refractivity contribution in [1.29, 1.82) is 0 Å². The monoisotopic (exact) mass is 636 g/mol. The van der Waals surface area contributed by atoms with E-state index in [1.54, 1.807) is 0 Å². The van der Waals surface area contributed by atoms with Crippen molar-refractivity contribution in [2.24, 2.45) is 0 Å². The first-order chi connectivity index (χ1) is 22.1. The lowest BCUT2D eigenvalue weighted by atomic mass is 9.84. The van der Waals surface area contributed by atoms with Crippen LogP contribution in [0.25, 0.3) is 0 Å². The first-order valence-corrected chi connectivity index (χ1v) is 18.4. The minimum Gasteiger partial charge on any atom is -0.550 e. The number of carboxylic acids is 1. The molecule has 0 saturated heterocycles. The van der Waals surface area contributed by atoms with E-state index in [4.69, 9.17) is 9.47 Å². The summed E-state index contributed by atoms with van der Waals surface area (Å²) < 4.78 is 12.4. The zero-order valence-electron chi connectivity index (χ0n) is 27.5. The fourth-order valence-corrected chi connectivity index (χ4v) is 11.3. The summed E-state index contributed by atoms with van der Waals surface area (Å²) in [6, 6.07) is 33.2. The largest absolute Gasteiger partial charge is 0.550 e. The first kappa shape index (κ1) is 33.4. The molecule has 1 atom stereocenters. The Morgan fingerprint density at radius 1 is 0.761 bits per heavy atom. The van der Waals surface area contributed by atoms with E-state index in [1.165, 1.54) is 15.9 Å². The summed E-state index contributed by atoms with van der Waals surface area (Å²) in [5, 5.41) is 15.1. The minimum atomic E-state index is -1.83. The summed E-state index contributed by atoms with van der Waals surface area (Å²) >= 11 is 0. The molecule has 1 unspecified atom stereocenters. The van der Waals surface area contributed by atoms with Crippen LogP contribution in [0.4, 0.5) is 0 Å². The van der Waals surface area contributed by atoms with Crippen LogP contribution < -0.4 is 30.5 Å². The fourth-order valence-electron chi connectivity index (χ4n) is 6.89. The van der Waals surface area contributed by atoms with Gasteiger partial charge < -0.3 is 19.4 Å². The van der Waals surface area contributed by atoms with Gasteiger partial charge in [-0.15, -0.1) is 0 Å². The third-order valence-corrected chi connectivity index (χ3v) is 14.1. The van der Waals surface area contributed by atoms with Crippen molar-refractivity contribution >= 4 is 35.1 Å². The molecule has 0 bridgehead atoms. The molecular weight excluding hydrogens is 591 g/mol. The molecule has 6 heteroatoms. The predicted octanol–water partition coefficient (Wildman–Crippen LogP) is 6.69. The van der Waals surface area contributed by atoms with E-state index >= 15 is 0 Å². The lowest BCUT2D eigenvalue weighted by molar-refractivity contribution is -0.305. The molecular formula is C40H45O5P. The number of esters is 1. The summed E-state index contributed by atoms with van der Waals surface area (Å²) in [7, 11) is -1.83. The molecule has 0 radical (unpaired) electrons. The SMILES string of the molecule is Cc1c(C)c2c(c(C)c1OC(=O)CCC(=O)[O-])CCC(C)(CCCCC[P+](c1ccccc1)(c1ccccc1)c1ccccc1)O2. The normalized spacial score (nSPS) is 15.9. The first-order valence-electron chi connectivity index (χ1n) is 16.4. The molecule has 4 aromatic carbocycles. The van der Waals surface area contributed by atoms with Gasteiger partial charge >= 0.3 is 5.97 Å². The Balaban J connectivity index is 1.28. The van der Waals surface area contributed by atoms with Crippen LogP contribution in [0.3, 0.4) is 0 Å². The minimum absolute atomic E-state index is 0.211. The van der Waals surface area contributed by atoms with Crippen LogP contribution in [0.15, 0.2) is 91.0 Å². The van der Waals surface area contributed by atoms with E-state index in [2.05, 4.69) is 97.9 Å². The molecule has 4 aromatic rings. The Morgan fingerprint density at radius 3 is 1.83 bits per heavy atom. The lowest BCUT2D eigenvalue weighted by Crippen LogP contribution is -2.37. The summed E-state index contributed by atoms with van der Waals surface area (Å²) in [6.45, 7) is 8.13. The molecule has 5 rings (SSSR count). The Bertz CT molecular complexity index is 1560. The van der Waals surface area contributed by atoms with Crippen LogP contribution in [0.5, 0.6) is 11.5 Å². The lowest BCUT2D eigenvalue weighted by Gasteiger charge is -2.38. The zero-order valence-corrected chi connectivity index (χ0v) is 28.4. The van der Waals surface area contributed by atoms with E-state index < -0.39 is 19.2 Å². The maximum absolute atomic E-state index is 12.3. The number of rotatable bonds is 13. The molecule has 0 saturated carbocycles. The van der Waals surface area contributed by atoms with Crippen molar-refractivity contribution in [3.8, 4) is 11.5 Å². The second-order valence-electron chi connectivity index (χ2n) is 12.8. The number of carboxylic acid groups (broad SMARTS) is 1. The zero-order chi connectivity index (χ0) is 32.7. The summed E-state index contributed by atoms with van der Waals surface area (Å²) in [5.41, 5.74) is 3.52. The van der Waals surface area contributed by atoms with Crippen LogP contribution in [0.1, 0.15) is 74.1 Å². The van der Waals surface area contributed by atoms with E-state index in [0.29, 0.717) is 5.75 Å². The Morgan fingerprint density at radius 2 is 1.30 bits per heavy atom. The number of benzene rings is 4. The van der Waals surface area contributed by atoms with Gasteiger partial charge in [-0.05, 0) is 126 Å². The molecule has 1 aliphatic heterocycles. The number of aliphatic carboxylic acids is 1. The highest BCUT2D eigenvalue weighted by molar-refractivity contribution is 7.95. The summed E-state index contributed by atoms with van der Waals surface area (Å²) in [6.07, 6.45) is 6.58. The average Bonchev–Trinajstić information content (AvgIpc) is 3.07. The standard InChI is InChI=1S/C40H45O5P/c1-29-30(2)39-35(31(3)38(29)44-37(43)24-23-36(41)42)25-27-40(4,45-39)26-15-8-16-28-46(32-17-9-5-10-18-32,33-19-11-6-12-20-33)34-21-13-7-14-22-34/h5-7,9-14,17-22H,8,15-16,23-28H2,1-4H3. The van der Waals surface area contributed by atoms with Gasteiger partial charge in [0.2, 0.25) is 0 Å². The smallest absolute Gasteiger partial charge is 0.311 e. The number of hydrogen-bond acceptors (Lipinski definition) is 5. The van der Waals surface area contributed by atoms with Gasteiger partial charge in [-0.25, -0.2) is 0 Å². The molecule has 0 amide bonds. The van der Waals surface area contributed by atoms with Crippen molar-refractivity contribution in [2.45, 2.75) is 84.7 Å². The number of unbranched alkanes of at least 4 members (excludes halogenated alkanes) is 2. The van der Waals surface area contributed by atoms with Gasteiger partial charge in [0.15, 0.2) is 0 Å². The predicted molar refractivity (Wildman–Crippen MR) is 186 cm³/mol. The van der Waals surface area contributed by atoms with Gasteiger partial charge in [0.1, 0.15) is 40.3 Å². The van der Waals surface area contributed by atoms with Gasteiger partial charge in [0.25, 0.3) is 0 Å². The summed E-state index contributed by atoms with van der Waals surface area (Å²) in [5.74, 6) is -0.395. The Kier molecular flexibility index (Phi) is 10.6. The highest BCUT2D eigenvalue weighted by atomic mass is 31.2. The van der Waals surface area contributed by atoms with E-state index in [1.807, 2.05) is 20.8 Å². The van der Waals surface area contributed by atoms with Crippen molar-refractivity contribution in [2.75, 3.05) is 6.16 Å². The van der Waals surface area contributed by atoms with Crippen molar-refractivity contribution in [1.82, 2.24) is 0 Å². The van der Waals surface area contributed by atoms with Crippen molar-refractivity contribution in [3.05, 3.63) is 113 Å². The topological polar surface area (TPSA) is 75.7 Å². The van der Waals surface area contributed by atoms with Gasteiger partial charge in [-0.2, -0.15) is 0 Å². The quantitative estimate of drug-likeness (QED) is 0.0708. The van der Waals surface area contributed by atoms with E-state index in [0.717, 1.165) is 72.7 Å². The maximum atomic E-state index is 12.3. The molecule has 1 aliphatic rings. The summed E-state index contributed by atoms with van der Waals surface area (Å²) in [4.78, 5) is 23.1. The second-order valence-corrected chi connectivity index (χ2v) is 16.4. The Hall–Kier alpha value is -3.95. The number of carbonyl (C=O) groups excluding carboxylic acids is 2. The van der Waals surface area contributed by atoms with Crippen LogP contribution in [-0.4, -0.2) is 23.7 Å². The number of ether oxygens (including phenoxy) is 2.